The van der Waals surface area contributed by atoms with Crippen LogP contribution in [-0.2, 0) is 18.3 Å². The number of aromatic hydroxyl groups is 2. The van der Waals surface area contributed by atoms with Crippen LogP contribution in [0.15, 0.2) is 109 Å². The van der Waals surface area contributed by atoms with E-state index < -0.39 is 121 Å². The molecule has 0 heterocycles. The number of amides is 2. The van der Waals surface area contributed by atoms with Crippen LogP contribution in [0.4, 0.5) is 18.9 Å². The summed E-state index contributed by atoms with van der Waals surface area (Å²) in [5.41, 5.74) is -7.92. The number of anilines is 1. The van der Waals surface area contributed by atoms with Crippen molar-refractivity contribution in [1.82, 2.24) is 5.32 Å². The number of rotatable bonds is 17. The van der Waals surface area contributed by atoms with Crippen LogP contribution in [0.25, 0.3) is 0 Å². The van der Waals surface area contributed by atoms with Gasteiger partial charge in [0, 0.05) is 42.3 Å². The highest BCUT2D eigenvalue weighted by Gasteiger charge is 2.54. The Morgan fingerprint density at radius 2 is 0.944 bits per heavy atom. The van der Waals surface area contributed by atoms with Crippen molar-refractivity contribution in [2.75, 3.05) is 12.4 Å². The zero-order valence-corrected chi connectivity index (χ0v) is 37.3. The van der Waals surface area contributed by atoms with Gasteiger partial charge in [-0.1, -0.05) is 36.4 Å². The molecule has 8 N–H and O–H groups in total. The number of carbonyl (C=O) groups excluding carboxylic acids is 4. The first-order valence-electron chi connectivity index (χ1n) is 20.8. The smallest absolute Gasteiger partial charge is 0.402 e. The second kappa shape index (κ2) is 20.1. The van der Waals surface area contributed by atoms with Gasteiger partial charge in [-0.05, 0) is 109 Å². The maximum atomic E-state index is 14.7. The Morgan fingerprint density at radius 3 is 1.39 bits per heavy atom. The van der Waals surface area contributed by atoms with E-state index >= 15 is 0 Å². The number of carbonyl (C=O) groups is 8. The van der Waals surface area contributed by atoms with Gasteiger partial charge in [-0.25, -0.2) is 19.2 Å². The lowest BCUT2D eigenvalue weighted by atomic mass is 9.74. The second-order valence-corrected chi connectivity index (χ2v) is 16.1. The van der Waals surface area contributed by atoms with Crippen molar-refractivity contribution in [3.05, 3.63) is 182 Å². The SMILES string of the molecule is CNC(=O)c1cc(C(=O)Cc2ccc(Oc3ccc(NC(=O)c4cc(C(=O)Cc5ccc(C(C)(c6ccc(C)c(O)c6)C(F)(F)F)cc5O)c(C(=O)O)cc4C(=O)O)cc3)cc2)c(C(=O)O)cc1C(=O)O. The molecule has 20 heteroatoms. The van der Waals surface area contributed by atoms with Crippen LogP contribution in [0.3, 0.4) is 0 Å². The highest BCUT2D eigenvalue weighted by molar-refractivity contribution is 6.16. The number of phenolic OH excluding ortho intramolecular Hbond substituents is 2. The first-order chi connectivity index (χ1) is 33.3. The average molecular weight is 977 g/mol. The second-order valence-electron chi connectivity index (χ2n) is 16.1. The number of ketones is 2. The van der Waals surface area contributed by atoms with Gasteiger partial charge in [0.2, 0.25) is 0 Å². The van der Waals surface area contributed by atoms with Crippen LogP contribution in [0.2, 0.25) is 0 Å². The number of aryl methyl sites for hydroxylation is 1. The molecule has 0 saturated carbocycles. The Bertz CT molecular complexity index is 3200. The first-order valence-corrected chi connectivity index (χ1v) is 20.8. The van der Waals surface area contributed by atoms with Crippen molar-refractivity contribution in [3.63, 3.8) is 0 Å². The molecule has 17 nitrogen and oxygen atoms in total. The molecule has 6 aromatic rings. The van der Waals surface area contributed by atoms with E-state index in [-0.39, 0.29) is 40.3 Å². The van der Waals surface area contributed by atoms with E-state index in [0.29, 0.717) is 17.2 Å². The van der Waals surface area contributed by atoms with Gasteiger partial charge in [-0.15, -0.1) is 0 Å². The zero-order chi connectivity index (χ0) is 52.3. The van der Waals surface area contributed by atoms with E-state index in [1.165, 1.54) is 74.6 Å². The fourth-order valence-electron chi connectivity index (χ4n) is 7.48. The molecule has 1 unspecified atom stereocenters. The highest BCUT2D eigenvalue weighted by Crippen LogP contribution is 2.48. The Hall–Kier alpha value is -9.33. The third kappa shape index (κ3) is 10.7. The standard InChI is InChI=1S/C51H39F3N2O15/c1-24-4-8-27(18-40(24)57)50(2,51(52,53)54)28-9-7-26(41(58)19-28)17-43(60)33-21-35(39(49(69)70)23-37(33)47(65)66)45(62)56-29-10-14-31(15-11-29)71-30-12-5-25(6-13-30)16-42(59)32-20-34(44(61)55-3)38(48(67)68)22-36(32)46(63)64/h4-15,18-23,57-58H,16-17H2,1-3H3,(H,55,61)(H,56,62)(H,63,64)(H,65,66)(H,67,68)(H,69,70). The Kier molecular flexibility index (Phi) is 14.5. The maximum Gasteiger partial charge on any atom is 0.402 e. The number of ether oxygens (including phenoxy) is 1. The molecule has 364 valence electrons. The third-order valence-electron chi connectivity index (χ3n) is 11.6. The molecular formula is C51H39F3N2O15. The summed E-state index contributed by atoms with van der Waals surface area (Å²) in [6, 6.07) is 20.8. The molecular weight excluding hydrogens is 938 g/mol. The number of carboxylic acid groups (broad SMARTS) is 4. The van der Waals surface area contributed by atoms with Crippen molar-refractivity contribution in [2.45, 2.75) is 38.3 Å². The molecule has 71 heavy (non-hydrogen) atoms. The van der Waals surface area contributed by atoms with Crippen molar-refractivity contribution in [1.29, 1.82) is 0 Å². The molecule has 0 aliphatic heterocycles. The van der Waals surface area contributed by atoms with Gasteiger partial charge in [0.05, 0.1) is 33.4 Å². The van der Waals surface area contributed by atoms with E-state index in [9.17, 15) is 82.2 Å². The molecule has 0 aliphatic rings. The lowest BCUT2D eigenvalue weighted by Gasteiger charge is -2.33. The monoisotopic (exact) mass is 976 g/mol. The van der Waals surface area contributed by atoms with Crippen molar-refractivity contribution < 1.29 is 86.9 Å². The van der Waals surface area contributed by atoms with Crippen molar-refractivity contribution >= 4 is 52.9 Å². The zero-order valence-electron chi connectivity index (χ0n) is 37.3. The number of phenols is 2. The van der Waals surface area contributed by atoms with Crippen LogP contribution in [0.5, 0.6) is 23.0 Å². The van der Waals surface area contributed by atoms with Crippen LogP contribution >= 0.6 is 0 Å². The van der Waals surface area contributed by atoms with E-state index in [4.69, 9.17) is 4.74 Å². The topological polar surface area (TPSA) is 291 Å². The lowest BCUT2D eigenvalue weighted by molar-refractivity contribution is -0.173. The molecule has 0 aromatic heterocycles. The molecule has 1 atom stereocenters. The molecule has 6 aromatic carbocycles. The summed E-state index contributed by atoms with van der Waals surface area (Å²) in [4.78, 5) is 101. The first kappa shape index (κ1) is 51.1. The molecule has 0 spiro atoms. The van der Waals surface area contributed by atoms with Gasteiger partial charge in [-0.3, -0.25) is 19.2 Å². The van der Waals surface area contributed by atoms with Crippen LogP contribution in [-0.4, -0.2) is 91.1 Å². The number of carboxylic acids is 4. The average Bonchev–Trinajstić information content (AvgIpc) is 3.32. The molecule has 0 fully saturated rings. The van der Waals surface area contributed by atoms with Crippen molar-refractivity contribution in [3.8, 4) is 23.0 Å². The predicted molar refractivity (Wildman–Crippen MR) is 245 cm³/mol. The quantitative estimate of drug-likeness (QED) is 0.0399. The summed E-state index contributed by atoms with van der Waals surface area (Å²) in [6.45, 7) is 2.34. The Balaban J connectivity index is 1.18. The summed E-state index contributed by atoms with van der Waals surface area (Å²) in [5, 5.41) is 65.0. The van der Waals surface area contributed by atoms with E-state index in [1.807, 2.05) is 0 Å². The summed E-state index contributed by atoms with van der Waals surface area (Å²) >= 11 is 0. The largest absolute Gasteiger partial charge is 0.508 e. The number of hydrogen-bond acceptors (Lipinski definition) is 11. The number of hydrogen-bond donors (Lipinski definition) is 8. The number of halogens is 3. The molecule has 6 rings (SSSR count). The number of nitrogens with one attached hydrogen (secondary N) is 2. The van der Waals surface area contributed by atoms with Gasteiger partial charge in [-0.2, -0.15) is 13.2 Å². The summed E-state index contributed by atoms with van der Waals surface area (Å²) in [6.07, 6.45) is -6.09. The highest BCUT2D eigenvalue weighted by atomic mass is 19.4. The van der Waals surface area contributed by atoms with Crippen LogP contribution in [0.1, 0.15) is 118 Å². The van der Waals surface area contributed by atoms with Crippen LogP contribution in [0, 0.1) is 6.92 Å². The minimum atomic E-state index is -4.94. The third-order valence-corrected chi connectivity index (χ3v) is 11.6. The van der Waals surface area contributed by atoms with E-state index in [2.05, 4.69) is 10.6 Å². The molecule has 0 radical (unpaired) electrons. The number of benzene rings is 6. The molecule has 2 amide bonds. The number of Topliss-reactive ketones (excluding diaryl/α,β-unsaturated/α-hetero) is 2. The maximum absolute atomic E-state index is 14.7. The minimum Gasteiger partial charge on any atom is -0.508 e. The van der Waals surface area contributed by atoms with Gasteiger partial charge in [0.1, 0.15) is 28.4 Å². The van der Waals surface area contributed by atoms with E-state index in [1.54, 1.807) is 0 Å². The van der Waals surface area contributed by atoms with Gasteiger partial charge < -0.3 is 46.0 Å². The fourth-order valence-corrected chi connectivity index (χ4v) is 7.48. The van der Waals surface area contributed by atoms with Gasteiger partial charge in [0.25, 0.3) is 11.8 Å². The minimum absolute atomic E-state index is 0.0798. The predicted octanol–water partition coefficient (Wildman–Crippen LogP) is 8.32. The Morgan fingerprint density at radius 1 is 0.521 bits per heavy atom. The van der Waals surface area contributed by atoms with Crippen LogP contribution < -0.4 is 15.4 Å². The van der Waals surface area contributed by atoms with Crippen molar-refractivity contribution in [2.24, 2.45) is 0 Å². The summed E-state index contributed by atoms with van der Waals surface area (Å²) in [7, 11) is 1.24. The number of alkyl halides is 3. The van der Waals surface area contributed by atoms with Gasteiger partial charge in [0.15, 0.2) is 11.6 Å². The Labute approximate surface area is 399 Å². The summed E-state index contributed by atoms with van der Waals surface area (Å²) < 4.78 is 49.9. The molecule has 0 saturated heterocycles. The number of aromatic carboxylic acids is 4. The molecule has 0 aliphatic carbocycles. The summed E-state index contributed by atoms with van der Waals surface area (Å²) in [5.74, 6) is -11.0. The molecule has 0 bridgehead atoms. The normalized spacial score (nSPS) is 12.0. The fraction of sp³-hybridized carbons (Fsp3) is 0.137. The lowest BCUT2D eigenvalue weighted by Crippen LogP contribution is -2.40. The van der Waals surface area contributed by atoms with E-state index in [0.717, 1.165) is 49.4 Å². The van der Waals surface area contributed by atoms with Gasteiger partial charge >= 0.3 is 30.1 Å².